The number of rotatable bonds is 19. The van der Waals surface area contributed by atoms with Crippen LogP contribution in [0.5, 0.6) is 0 Å². The molecule has 4 amide bonds. The van der Waals surface area contributed by atoms with Crippen LogP contribution in [0.2, 0.25) is 0 Å². The minimum absolute atomic E-state index is 0.108. The molecule has 19 heteroatoms. The van der Waals surface area contributed by atoms with Crippen molar-refractivity contribution in [1.29, 1.82) is 0 Å². The van der Waals surface area contributed by atoms with E-state index in [1.807, 2.05) is 0 Å². The predicted molar refractivity (Wildman–Crippen MR) is 215 cm³/mol. The average Bonchev–Trinajstić information content (AvgIpc) is 3.67. The van der Waals surface area contributed by atoms with E-state index in [4.69, 9.17) is 22.5 Å². The van der Waals surface area contributed by atoms with Gasteiger partial charge in [0, 0.05) is 30.6 Å². The second kappa shape index (κ2) is 20.1. The molecule has 3 heterocycles. The van der Waals surface area contributed by atoms with Crippen molar-refractivity contribution in [1.82, 2.24) is 35.9 Å². The Morgan fingerprint density at radius 1 is 0.879 bits per heavy atom. The van der Waals surface area contributed by atoms with E-state index in [0.29, 0.717) is 38.1 Å². The third-order valence-electron chi connectivity index (χ3n) is 10.4. The molecule has 18 nitrogen and oxygen atoms in total. The highest BCUT2D eigenvalue weighted by atomic mass is 32.3. The molecule has 0 spiro atoms. The molecule has 1 aromatic heterocycles. The Morgan fingerprint density at radius 3 is 2.09 bits per heavy atom. The number of aliphatic imine (C=N–C) groups is 1. The van der Waals surface area contributed by atoms with Gasteiger partial charge in [-0.05, 0) is 92.9 Å². The molecule has 3 fully saturated rings. The molecular weight excluding hydrogens is 773 g/mol. The molecule has 1 aliphatic carbocycles. The molecule has 2 saturated heterocycles. The summed E-state index contributed by atoms with van der Waals surface area (Å²) >= 11 is 0. The maximum Gasteiger partial charge on any atom is 0.437 e. The SMILES string of the molecule is CCCCN(OS(=O)(=O)ON1C(=O)N2C[C@@H]1CC[C@H]2c1nnc([C@H]2C[C@@H](N/C(=N\C(=O)OC(C)(C)C)NC(=O)OC(C)(C)C)C2)o1)C(CCC)(CCCC)CCCC. The van der Waals surface area contributed by atoms with E-state index >= 15 is 0 Å². The molecule has 2 atom stereocenters. The number of hydrogen-bond donors (Lipinski definition) is 2. The van der Waals surface area contributed by atoms with Gasteiger partial charge in [-0.15, -0.1) is 19.5 Å². The number of ether oxygens (including phenoxy) is 2. The fraction of sp³-hybridized carbons (Fsp3) is 0.846. The van der Waals surface area contributed by atoms with Crippen LogP contribution in [0.3, 0.4) is 0 Å². The van der Waals surface area contributed by atoms with Crippen molar-refractivity contribution in [3.8, 4) is 0 Å². The second-order valence-electron chi connectivity index (χ2n) is 17.8. The Hall–Kier alpha value is -3.55. The summed E-state index contributed by atoms with van der Waals surface area (Å²) in [7, 11) is -4.66. The van der Waals surface area contributed by atoms with Gasteiger partial charge in [0.15, 0.2) is 0 Å². The quantitative estimate of drug-likeness (QED) is 0.0775. The molecule has 2 N–H and O–H groups in total. The number of piperidine rings is 1. The highest BCUT2D eigenvalue weighted by Crippen LogP contribution is 2.42. The number of alkyl carbamates (subject to hydrolysis) is 1. The lowest BCUT2D eigenvalue weighted by Gasteiger charge is -2.43. The molecular formula is C39H68N8O10S. The molecule has 58 heavy (non-hydrogen) atoms. The molecule has 2 bridgehead atoms. The summed E-state index contributed by atoms with van der Waals surface area (Å²) in [6, 6.07) is -1.88. The third kappa shape index (κ3) is 13.2. The van der Waals surface area contributed by atoms with Crippen LogP contribution >= 0.6 is 0 Å². The van der Waals surface area contributed by atoms with Crippen LogP contribution < -0.4 is 10.6 Å². The molecule has 330 valence electrons. The van der Waals surface area contributed by atoms with Crippen molar-refractivity contribution >= 4 is 34.6 Å². The van der Waals surface area contributed by atoms with Gasteiger partial charge in [-0.1, -0.05) is 66.2 Å². The van der Waals surface area contributed by atoms with Crippen molar-refractivity contribution < 1.29 is 45.3 Å². The van der Waals surface area contributed by atoms with Crippen LogP contribution in [0.15, 0.2) is 9.41 Å². The average molecular weight is 841 g/mol. The van der Waals surface area contributed by atoms with Crippen LogP contribution in [0, 0.1) is 0 Å². The fourth-order valence-corrected chi connectivity index (χ4v) is 8.50. The van der Waals surface area contributed by atoms with E-state index < -0.39 is 57.4 Å². The maximum absolute atomic E-state index is 13.8. The van der Waals surface area contributed by atoms with Gasteiger partial charge in [0.25, 0.3) is 0 Å². The fourth-order valence-electron chi connectivity index (χ4n) is 7.64. The first-order valence-corrected chi connectivity index (χ1v) is 22.5. The maximum atomic E-state index is 13.8. The number of nitrogens with zero attached hydrogens (tertiary/aromatic N) is 6. The van der Waals surface area contributed by atoms with Crippen LogP contribution in [-0.4, -0.2) is 99.7 Å². The molecule has 3 aliphatic rings. The van der Waals surface area contributed by atoms with Crippen molar-refractivity contribution in [2.45, 2.75) is 200 Å². The number of aromatic nitrogens is 2. The minimum Gasteiger partial charge on any atom is -0.444 e. The Morgan fingerprint density at radius 2 is 1.50 bits per heavy atom. The zero-order chi connectivity index (χ0) is 42.9. The van der Waals surface area contributed by atoms with Gasteiger partial charge in [0.05, 0.1) is 6.04 Å². The van der Waals surface area contributed by atoms with Gasteiger partial charge < -0.3 is 24.1 Å². The van der Waals surface area contributed by atoms with Gasteiger partial charge in [-0.25, -0.2) is 14.4 Å². The van der Waals surface area contributed by atoms with E-state index in [1.54, 1.807) is 46.6 Å². The summed E-state index contributed by atoms with van der Waals surface area (Å²) in [4.78, 5) is 44.2. The van der Waals surface area contributed by atoms with Crippen molar-refractivity contribution in [3.63, 3.8) is 0 Å². The lowest BCUT2D eigenvalue weighted by Crippen LogP contribution is -2.51. The van der Waals surface area contributed by atoms with E-state index in [2.05, 4.69) is 53.5 Å². The number of urea groups is 1. The zero-order valence-corrected chi connectivity index (χ0v) is 37.1. The number of amides is 4. The topological polar surface area (TPSA) is 207 Å². The van der Waals surface area contributed by atoms with Crippen LogP contribution in [0.25, 0.3) is 0 Å². The van der Waals surface area contributed by atoms with Gasteiger partial charge in [0.2, 0.25) is 17.7 Å². The largest absolute Gasteiger partial charge is 0.444 e. The van der Waals surface area contributed by atoms with Gasteiger partial charge in [-0.3, -0.25) is 5.32 Å². The molecule has 4 rings (SSSR count). The Labute approximate surface area is 344 Å². The number of carbonyl (C=O) groups excluding carboxylic acids is 3. The van der Waals surface area contributed by atoms with E-state index in [-0.39, 0.29) is 30.4 Å². The van der Waals surface area contributed by atoms with Crippen LogP contribution in [-0.2, 0) is 28.4 Å². The number of unbranched alkanes of at least 4 members (excludes halogenated alkanes) is 3. The number of hydrogen-bond acceptors (Lipinski definition) is 13. The van der Waals surface area contributed by atoms with Gasteiger partial charge in [-0.2, -0.15) is 22.8 Å². The Bertz CT molecular complexity index is 1660. The molecule has 0 radical (unpaired) electrons. The summed E-state index contributed by atoms with van der Waals surface area (Å²) in [5.41, 5.74) is -2.02. The van der Waals surface area contributed by atoms with Crippen LogP contribution in [0.1, 0.15) is 183 Å². The number of fused-ring (bicyclic) bond motifs is 2. The lowest BCUT2D eigenvalue weighted by molar-refractivity contribution is -0.172. The number of nitrogens with one attached hydrogen (secondary N) is 2. The minimum atomic E-state index is -4.66. The summed E-state index contributed by atoms with van der Waals surface area (Å²) in [5.74, 6) is 0.384. The highest BCUT2D eigenvalue weighted by molar-refractivity contribution is 7.81. The number of carbonyl (C=O) groups is 3. The predicted octanol–water partition coefficient (Wildman–Crippen LogP) is 7.79. The van der Waals surface area contributed by atoms with E-state index in [0.717, 1.165) is 69.3 Å². The first kappa shape index (κ1) is 47.1. The summed E-state index contributed by atoms with van der Waals surface area (Å²) in [5, 5.41) is 16.7. The molecule has 2 aliphatic heterocycles. The molecule has 0 aromatic carbocycles. The third-order valence-corrected chi connectivity index (χ3v) is 11.1. The molecule has 1 aromatic rings. The normalized spacial score (nSPS) is 21.6. The van der Waals surface area contributed by atoms with E-state index in [9.17, 15) is 22.8 Å². The second-order valence-corrected chi connectivity index (χ2v) is 18.9. The zero-order valence-electron chi connectivity index (χ0n) is 36.3. The molecule has 0 unspecified atom stereocenters. The molecule has 1 saturated carbocycles. The first-order valence-electron chi connectivity index (χ1n) is 21.1. The number of guanidine groups is 1. The lowest BCUT2D eigenvalue weighted by atomic mass is 9.80. The van der Waals surface area contributed by atoms with Gasteiger partial charge >= 0.3 is 28.6 Å². The van der Waals surface area contributed by atoms with E-state index in [1.165, 1.54) is 4.90 Å². The van der Waals surface area contributed by atoms with Crippen molar-refractivity contribution in [2.24, 2.45) is 4.99 Å². The monoisotopic (exact) mass is 840 g/mol. The van der Waals surface area contributed by atoms with Crippen LogP contribution in [0.4, 0.5) is 14.4 Å². The first-order chi connectivity index (χ1) is 27.2. The summed E-state index contributed by atoms with van der Waals surface area (Å²) < 4.78 is 55.5. The Balaban J connectivity index is 1.40. The summed E-state index contributed by atoms with van der Waals surface area (Å²) in [6.45, 7) is 19.4. The van der Waals surface area contributed by atoms with Crippen molar-refractivity contribution in [3.05, 3.63) is 11.8 Å². The number of hydroxylamine groups is 4. The highest BCUT2D eigenvalue weighted by Gasteiger charge is 2.50. The smallest absolute Gasteiger partial charge is 0.437 e. The Kier molecular flexibility index (Phi) is 16.4. The summed E-state index contributed by atoms with van der Waals surface area (Å²) in [6.07, 6.45) is 9.00. The van der Waals surface area contributed by atoms with Gasteiger partial charge in [0.1, 0.15) is 17.2 Å². The van der Waals surface area contributed by atoms with Crippen molar-refractivity contribution in [2.75, 3.05) is 13.1 Å². The standard InChI is InChI=1S/C39H68N8O10S/c1-11-15-21-39(20-14-4,22-16-12-2)46(23-17-13-3)56-58(51,52)57-47-29-18-19-30(45(26-29)36(47)50)32-44-43-31(53-32)27-24-28(25-27)40-33(41-34(48)54-37(5,6)7)42-35(49)55-38(8,9)10/h27-30H,11-26H2,1-10H3,(H2,40,41,42,48,49)/t27-,28+,29-,30-/m0/s1.